The number of aromatic nitrogens is 2. The van der Waals surface area contributed by atoms with Gasteiger partial charge in [-0.1, -0.05) is 12.1 Å². The smallest absolute Gasteiger partial charge is 0.374 e. The molecule has 1 aromatic carbocycles. The molecule has 9 nitrogen and oxygen atoms in total. The number of nitrogens with two attached hydrogens (primary N) is 1. The van der Waals surface area contributed by atoms with Crippen molar-refractivity contribution in [3.05, 3.63) is 46.3 Å². The molecule has 1 aromatic heterocycles. The highest BCUT2D eigenvalue weighted by Crippen LogP contribution is 2.33. The number of rotatable bonds is 6. The van der Waals surface area contributed by atoms with Crippen molar-refractivity contribution in [3.8, 4) is 11.6 Å². The molecule has 2 rings (SSSR count). The molecule has 21 heavy (non-hydrogen) atoms. The van der Waals surface area contributed by atoms with E-state index in [0.717, 1.165) is 11.9 Å². The number of benzene rings is 1. The zero-order valence-electron chi connectivity index (χ0n) is 10.9. The molecule has 0 spiro atoms. The Hall–Kier alpha value is -2.78. The molecule has 0 fully saturated rings. The molecule has 0 aliphatic heterocycles. The second kappa shape index (κ2) is 6.59. The molecule has 0 aliphatic carbocycles. The van der Waals surface area contributed by atoms with Crippen LogP contribution in [0.2, 0.25) is 0 Å². The average Bonchev–Trinajstić information content (AvgIpc) is 2.49. The molecular formula is C12H13N5O4. The first-order valence-corrected chi connectivity index (χ1v) is 5.99. The summed E-state index contributed by atoms with van der Waals surface area (Å²) in [4.78, 5) is 17.8. The monoisotopic (exact) mass is 291 g/mol. The van der Waals surface area contributed by atoms with Gasteiger partial charge in [0.15, 0.2) is 0 Å². The Balaban J connectivity index is 2.28. The van der Waals surface area contributed by atoms with Crippen LogP contribution in [-0.4, -0.2) is 26.6 Å². The van der Waals surface area contributed by atoms with Gasteiger partial charge in [-0.15, -0.1) is 0 Å². The van der Waals surface area contributed by atoms with Crippen molar-refractivity contribution in [2.75, 3.05) is 12.0 Å². The van der Waals surface area contributed by atoms with Gasteiger partial charge in [0.05, 0.1) is 4.92 Å². The number of ether oxygens (including phenoxy) is 1. The summed E-state index contributed by atoms with van der Waals surface area (Å²) >= 11 is 0. The largest absolute Gasteiger partial charge is 0.434 e. The normalized spacial score (nSPS) is 10.2. The summed E-state index contributed by atoms with van der Waals surface area (Å²) in [7, 11) is 0. The van der Waals surface area contributed by atoms with Crippen LogP contribution < -0.4 is 16.0 Å². The molecule has 0 saturated carbocycles. The van der Waals surface area contributed by atoms with Gasteiger partial charge in [0.1, 0.15) is 12.1 Å². The van der Waals surface area contributed by atoms with Gasteiger partial charge in [0, 0.05) is 6.61 Å². The van der Waals surface area contributed by atoms with E-state index in [-0.39, 0.29) is 18.3 Å². The van der Waals surface area contributed by atoms with Crippen molar-refractivity contribution in [1.82, 2.24) is 9.97 Å². The van der Waals surface area contributed by atoms with E-state index < -0.39 is 10.6 Å². The fourth-order valence-electron chi connectivity index (χ4n) is 1.67. The predicted octanol–water partition coefficient (Wildman–Crippen LogP) is 0.997. The first-order chi connectivity index (χ1) is 10.2. The number of nitro groups is 1. The van der Waals surface area contributed by atoms with E-state index in [0.29, 0.717) is 12.2 Å². The van der Waals surface area contributed by atoms with E-state index in [4.69, 9.17) is 15.7 Å². The molecule has 110 valence electrons. The number of aliphatic hydroxyl groups is 1. The molecule has 1 heterocycles. The predicted molar refractivity (Wildman–Crippen MR) is 73.8 cm³/mol. The Labute approximate surface area is 119 Å². The van der Waals surface area contributed by atoms with E-state index in [1.165, 1.54) is 0 Å². The molecule has 0 unspecified atom stereocenters. The molecule has 0 saturated heterocycles. The summed E-state index contributed by atoms with van der Waals surface area (Å²) in [6, 6.07) is 6.76. The minimum absolute atomic E-state index is 0.0448. The standard InChI is InChI=1S/C12H13N5O4/c13-16-11-10(17(19)20)12(15-7-14-11)21-9-3-1-8(2-4-9)5-6-18/h1-4,7,18H,5-6,13H2,(H,14,15,16). The zero-order valence-corrected chi connectivity index (χ0v) is 10.9. The number of nitrogen functional groups attached to an aromatic ring is 1. The van der Waals surface area contributed by atoms with Gasteiger partial charge in [-0.25, -0.2) is 10.8 Å². The summed E-state index contributed by atoms with van der Waals surface area (Å²) in [6.07, 6.45) is 1.63. The van der Waals surface area contributed by atoms with Crippen LogP contribution in [-0.2, 0) is 6.42 Å². The summed E-state index contributed by atoms with van der Waals surface area (Å²) < 4.78 is 5.40. The summed E-state index contributed by atoms with van der Waals surface area (Å²) in [6.45, 7) is 0.0448. The van der Waals surface area contributed by atoms with Crippen LogP contribution in [0.1, 0.15) is 5.56 Å². The molecule has 0 radical (unpaired) electrons. The third-order valence-electron chi connectivity index (χ3n) is 2.65. The van der Waals surface area contributed by atoms with E-state index in [1.54, 1.807) is 24.3 Å². The lowest BCUT2D eigenvalue weighted by atomic mass is 10.1. The molecule has 2 aromatic rings. The van der Waals surface area contributed by atoms with Crippen molar-refractivity contribution in [3.63, 3.8) is 0 Å². The molecule has 0 aliphatic rings. The van der Waals surface area contributed by atoms with Crippen molar-refractivity contribution >= 4 is 11.5 Å². The highest BCUT2D eigenvalue weighted by molar-refractivity contribution is 5.61. The summed E-state index contributed by atoms with van der Waals surface area (Å²) in [5, 5.41) is 19.9. The number of aliphatic hydroxyl groups excluding tert-OH is 1. The highest BCUT2D eigenvalue weighted by Gasteiger charge is 2.24. The van der Waals surface area contributed by atoms with Crippen LogP contribution in [0.5, 0.6) is 11.6 Å². The Kier molecular flexibility index (Phi) is 4.59. The number of anilines is 1. The van der Waals surface area contributed by atoms with Gasteiger partial charge >= 0.3 is 11.6 Å². The minimum Gasteiger partial charge on any atom is -0.434 e. The van der Waals surface area contributed by atoms with Crippen LogP contribution in [0.4, 0.5) is 11.5 Å². The molecule has 0 bridgehead atoms. The van der Waals surface area contributed by atoms with Crippen LogP contribution >= 0.6 is 0 Å². The highest BCUT2D eigenvalue weighted by atomic mass is 16.6. The molecule has 9 heteroatoms. The van der Waals surface area contributed by atoms with Gasteiger partial charge in [-0.2, -0.15) is 4.98 Å². The van der Waals surface area contributed by atoms with E-state index in [9.17, 15) is 10.1 Å². The van der Waals surface area contributed by atoms with Crippen LogP contribution in [0.3, 0.4) is 0 Å². The Bertz CT molecular complexity index is 632. The van der Waals surface area contributed by atoms with Crippen LogP contribution in [0.15, 0.2) is 30.6 Å². The molecular weight excluding hydrogens is 278 g/mol. The second-order valence-electron chi connectivity index (χ2n) is 4.00. The maximum Gasteiger partial charge on any atom is 0.374 e. The van der Waals surface area contributed by atoms with Crippen molar-refractivity contribution < 1.29 is 14.8 Å². The lowest BCUT2D eigenvalue weighted by Gasteiger charge is -2.07. The number of hydrogen-bond acceptors (Lipinski definition) is 8. The number of nitrogens with zero attached hydrogens (tertiary/aromatic N) is 3. The third-order valence-corrected chi connectivity index (χ3v) is 2.65. The molecule has 0 atom stereocenters. The first kappa shape index (κ1) is 14.6. The van der Waals surface area contributed by atoms with Crippen molar-refractivity contribution in [2.45, 2.75) is 6.42 Å². The Morgan fingerprint density at radius 2 is 2.05 bits per heavy atom. The Morgan fingerprint density at radius 3 is 2.62 bits per heavy atom. The van der Waals surface area contributed by atoms with Crippen molar-refractivity contribution in [2.24, 2.45) is 5.84 Å². The van der Waals surface area contributed by atoms with Gasteiger partial charge < -0.3 is 15.3 Å². The van der Waals surface area contributed by atoms with Gasteiger partial charge in [0.25, 0.3) is 0 Å². The zero-order chi connectivity index (χ0) is 15.2. The lowest BCUT2D eigenvalue weighted by Crippen LogP contribution is -2.12. The topological polar surface area (TPSA) is 136 Å². The second-order valence-corrected chi connectivity index (χ2v) is 4.00. The third kappa shape index (κ3) is 3.41. The fraction of sp³-hybridized carbons (Fsp3) is 0.167. The number of hydrogen-bond donors (Lipinski definition) is 3. The number of nitrogens with one attached hydrogen (secondary N) is 1. The number of hydrazine groups is 1. The van der Waals surface area contributed by atoms with Crippen molar-refractivity contribution in [1.29, 1.82) is 0 Å². The first-order valence-electron chi connectivity index (χ1n) is 5.99. The Morgan fingerprint density at radius 1 is 1.33 bits per heavy atom. The van der Waals surface area contributed by atoms with Gasteiger partial charge in [0.2, 0.25) is 5.82 Å². The molecule has 0 amide bonds. The maximum absolute atomic E-state index is 11.1. The summed E-state index contributed by atoms with van der Waals surface area (Å²) in [5.41, 5.74) is 2.61. The molecule has 4 N–H and O–H groups in total. The average molecular weight is 291 g/mol. The van der Waals surface area contributed by atoms with E-state index in [1.807, 2.05) is 0 Å². The lowest BCUT2D eigenvalue weighted by molar-refractivity contribution is -0.385. The SMILES string of the molecule is NNc1ncnc(Oc2ccc(CCO)cc2)c1[N+](=O)[O-]. The fourth-order valence-corrected chi connectivity index (χ4v) is 1.67. The van der Waals surface area contributed by atoms with Gasteiger partial charge in [-0.05, 0) is 24.1 Å². The van der Waals surface area contributed by atoms with Crippen LogP contribution in [0, 0.1) is 10.1 Å². The van der Waals surface area contributed by atoms with E-state index >= 15 is 0 Å². The van der Waals surface area contributed by atoms with Gasteiger partial charge in [-0.3, -0.25) is 10.1 Å². The minimum atomic E-state index is -0.676. The maximum atomic E-state index is 11.1. The van der Waals surface area contributed by atoms with E-state index in [2.05, 4.69) is 15.4 Å². The quantitative estimate of drug-likeness (QED) is 0.407. The summed E-state index contributed by atoms with van der Waals surface area (Å²) in [5.74, 6) is 5.21. The van der Waals surface area contributed by atoms with Crippen LogP contribution in [0.25, 0.3) is 0 Å².